The zero-order valence-corrected chi connectivity index (χ0v) is 14.1. The summed E-state index contributed by atoms with van der Waals surface area (Å²) in [6.45, 7) is 5.89. The molecule has 1 heterocycles. The Morgan fingerprint density at radius 1 is 1.21 bits per heavy atom. The first-order valence-corrected chi connectivity index (χ1v) is 7.92. The molecular weight excluding hydrogens is 308 g/mol. The lowest BCUT2D eigenvalue weighted by Gasteiger charge is -2.24. The number of carbonyl (C=O) groups is 3. The van der Waals surface area contributed by atoms with Gasteiger partial charge in [-0.05, 0) is 24.1 Å². The average Bonchev–Trinajstić information content (AvgIpc) is 2.48. The van der Waals surface area contributed by atoms with Crippen LogP contribution in [0.2, 0.25) is 0 Å². The highest BCUT2D eigenvalue weighted by Gasteiger charge is 2.24. The highest BCUT2D eigenvalue weighted by molar-refractivity contribution is 6.43. The van der Waals surface area contributed by atoms with E-state index >= 15 is 0 Å². The van der Waals surface area contributed by atoms with E-state index in [4.69, 9.17) is 0 Å². The monoisotopic (exact) mass is 330 g/mol. The number of rotatable bonds is 5. The lowest BCUT2D eigenvalue weighted by molar-refractivity contribution is -0.132. The molecule has 0 aromatic heterocycles. The zero-order valence-electron chi connectivity index (χ0n) is 14.1. The predicted molar refractivity (Wildman–Crippen MR) is 92.6 cm³/mol. The summed E-state index contributed by atoms with van der Waals surface area (Å²) in [5, 5.41) is 11.0. The van der Waals surface area contributed by atoms with Gasteiger partial charge in [0.1, 0.15) is 5.71 Å². The van der Waals surface area contributed by atoms with Gasteiger partial charge >= 0.3 is 0 Å². The molecule has 0 spiro atoms. The van der Waals surface area contributed by atoms with Gasteiger partial charge in [0.2, 0.25) is 11.8 Å². The van der Waals surface area contributed by atoms with Gasteiger partial charge in [-0.2, -0.15) is 5.10 Å². The van der Waals surface area contributed by atoms with Crippen LogP contribution < -0.4 is 10.6 Å². The third-order valence-corrected chi connectivity index (χ3v) is 3.35. The lowest BCUT2D eigenvalue weighted by atomic mass is 10.1. The number of nitrogens with one attached hydrogen (secondary N) is 2. The SMILES string of the molecule is CC(=O)Nc1cccc(NC(=O)C2=NN(CC(C)C)C(=O)CC2)c1. The molecule has 1 aliphatic rings. The van der Waals surface area contributed by atoms with Crippen LogP contribution in [0.3, 0.4) is 0 Å². The summed E-state index contributed by atoms with van der Waals surface area (Å²) in [5.74, 6) is -0.309. The number of carbonyl (C=O) groups excluding carboxylic acids is 3. The standard InChI is InChI=1S/C17H22N4O3/c1-11(2)10-21-16(23)8-7-15(20-21)17(24)19-14-6-4-5-13(9-14)18-12(3)22/h4-6,9,11H,7-8,10H2,1-3H3,(H,18,22)(H,19,24). The minimum atomic E-state index is -0.337. The van der Waals surface area contributed by atoms with Gasteiger partial charge in [0.15, 0.2) is 0 Å². The van der Waals surface area contributed by atoms with Crippen molar-refractivity contribution in [2.75, 3.05) is 17.2 Å². The minimum Gasteiger partial charge on any atom is -0.326 e. The van der Waals surface area contributed by atoms with Crippen LogP contribution in [0.25, 0.3) is 0 Å². The van der Waals surface area contributed by atoms with Crippen molar-refractivity contribution in [1.29, 1.82) is 0 Å². The normalized spacial score (nSPS) is 14.4. The van der Waals surface area contributed by atoms with Gasteiger partial charge in [0.05, 0.1) is 0 Å². The van der Waals surface area contributed by atoms with Crippen molar-refractivity contribution in [2.24, 2.45) is 11.0 Å². The van der Waals surface area contributed by atoms with Crippen molar-refractivity contribution >= 4 is 34.8 Å². The molecule has 0 atom stereocenters. The van der Waals surface area contributed by atoms with E-state index < -0.39 is 0 Å². The van der Waals surface area contributed by atoms with Crippen molar-refractivity contribution in [3.8, 4) is 0 Å². The molecule has 1 aliphatic heterocycles. The van der Waals surface area contributed by atoms with Gasteiger partial charge in [-0.3, -0.25) is 14.4 Å². The number of amides is 3. The number of nitrogens with zero attached hydrogens (tertiary/aromatic N) is 2. The van der Waals surface area contributed by atoms with Crippen LogP contribution in [-0.4, -0.2) is 35.0 Å². The van der Waals surface area contributed by atoms with Crippen LogP contribution in [0.5, 0.6) is 0 Å². The molecule has 0 radical (unpaired) electrons. The molecule has 0 saturated carbocycles. The van der Waals surface area contributed by atoms with E-state index in [2.05, 4.69) is 15.7 Å². The maximum absolute atomic E-state index is 12.4. The number of benzene rings is 1. The molecule has 7 heteroatoms. The highest BCUT2D eigenvalue weighted by Crippen LogP contribution is 2.17. The van der Waals surface area contributed by atoms with Gasteiger partial charge in [0.25, 0.3) is 5.91 Å². The fourth-order valence-electron chi connectivity index (χ4n) is 2.33. The summed E-state index contributed by atoms with van der Waals surface area (Å²) >= 11 is 0. The summed E-state index contributed by atoms with van der Waals surface area (Å²) in [7, 11) is 0. The highest BCUT2D eigenvalue weighted by atomic mass is 16.2. The van der Waals surface area contributed by atoms with Crippen molar-refractivity contribution in [2.45, 2.75) is 33.6 Å². The van der Waals surface area contributed by atoms with E-state index in [9.17, 15) is 14.4 Å². The van der Waals surface area contributed by atoms with Gasteiger partial charge in [-0.1, -0.05) is 19.9 Å². The van der Waals surface area contributed by atoms with E-state index in [1.807, 2.05) is 13.8 Å². The first-order chi connectivity index (χ1) is 11.3. The third-order valence-electron chi connectivity index (χ3n) is 3.35. The molecule has 1 aromatic rings. The molecule has 1 aromatic carbocycles. The van der Waals surface area contributed by atoms with Crippen molar-refractivity contribution in [3.63, 3.8) is 0 Å². The van der Waals surface area contributed by atoms with Crippen LogP contribution in [0.4, 0.5) is 11.4 Å². The maximum atomic E-state index is 12.4. The quantitative estimate of drug-likeness (QED) is 0.867. The molecule has 0 fully saturated rings. The summed E-state index contributed by atoms with van der Waals surface area (Å²) in [6, 6.07) is 6.86. The minimum absolute atomic E-state index is 0.0621. The number of hydrogen-bond acceptors (Lipinski definition) is 4. The summed E-state index contributed by atoms with van der Waals surface area (Å²) in [4.78, 5) is 35.3. The lowest BCUT2D eigenvalue weighted by Crippen LogP contribution is -2.38. The predicted octanol–water partition coefficient (Wildman–Crippen LogP) is 2.22. The Labute approximate surface area is 141 Å². The number of hydrogen-bond donors (Lipinski definition) is 2. The molecule has 2 rings (SSSR count). The Balaban J connectivity index is 2.09. The molecule has 7 nitrogen and oxygen atoms in total. The van der Waals surface area contributed by atoms with Crippen molar-refractivity contribution in [1.82, 2.24) is 5.01 Å². The van der Waals surface area contributed by atoms with Crippen LogP contribution in [0, 0.1) is 5.92 Å². The molecule has 24 heavy (non-hydrogen) atoms. The smallest absolute Gasteiger partial charge is 0.271 e. The molecular formula is C17H22N4O3. The van der Waals surface area contributed by atoms with E-state index in [-0.39, 0.29) is 30.1 Å². The molecule has 128 valence electrons. The first kappa shape index (κ1) is 17.7. The number of hydrazone groups is 1. The third kappa shape index (κ3) is 4.91. The topological polar surface area (TPSA) is 90.9 Å². The summed E-state index contributed by atoms with van der Waals surface area (Å²) < 4.78 is 0. The Kier molecular flexibility index (Phi) is 5.68. The molecule has 0 aliphatic carbocycles. The zero-order chi connectivity index (χ0) is 17.7. The van der Waals surface area contributed by atoms with Gasteiger partial charge in [-0.25, -0.2) is 5.01 Å². The van der Waals surface area contributed by atoms with Crippen LogP contribution in [0.15, 0.2) is 29.4 Å². The Morgan fingerprint density at radius 2 is 1.88 bits per heavy atom. The second-order valence-corrected chi connectivity index (χ2v) is 6.13. The fourth-order valence-corrected chi connectivity index (χ4v) is 2.33. The molecule has 0 unspecified atom stereocenters. The Bertz CT molecular complexity index is 682. The van der Waals surface area contributed by atoms with Gasteiger partial charge in [0, 0.05) is 37.7 Å². The van der Waals surface area contributed by atoms with Crippen LogP contribution in [0.1, 0.15) is 33.6 Å². The van der Waals surface area contributed by atoms with Crippen LogP contribution >= 0.6 is 0 Å². The van der Waals surface area contributed by atoms with Crippen molar-refractivity contribution < 1.29 is 14.4 Å². The van der Waals surface area contributed by atoms with E-state index in [1.165, 1.54) is 11.9 Å². The Morgan fingerprint density at radius 3 is 2.50 bits per heavy atom. The molecule has 0 saturated heterocycles. The molecule has 3 amide bonds. The molecule has 2 N–H and O–H groups in total. The summed E-state index contributed by atoms with van der Waals surface area (Å²) in [5.41, 5.74) is 1.49. The van der Waals surface area contributed by atoms with Gasteiger partial charge in [-0.15, -0.1) is 0 Å². The largest absolute Gasteiger partial charge is 0.326 e. The summed E-state index contributed by atoms with van der Waals surface area (Å²) in [6.07, 6.45) is 0.607. The van der Waals surface area contributed by atoms with Gasteiger partial charge < -0.3 is 10.6 Å². The van der Waals surface area contributed by atoms with E-state index in [1.54, 1.807) is 24.3 Å². The second-order valence-electron chi connectivity index (χ2n) is 6.13. The number of anilines is 2. The Hall–Kier alpha value is -2.70. The average molecular weight is 330 g/mol. The maximum Gasteiger partial charge on any atom is 0.271 e. The molecule has 0 bridgehead atoms. The van der Waals surface area contributed by atoms with E-state index in [0.717, 1.165) is 0 Å². The van der Waals surface area contributed by atoms with Crippen molar-refractivity contribution in [3.05, 3.63) is 24.3 Å². The fraction of sp³-hybridized carbons (Fsp3) is 0.412. The first-order valence-electron chi connectivity index (χ1n) is 7.92. The second kappa shape index (κ2) is 7.72. The van der Waals surface area contributed by atoms with E-state index in [0.29, 0.717) is 30.1 Å². The van der Waals surface area contributed by atoms with Crippen LogP contribution in [-0.2, 0) is 14.4 Å².